The molecule has 2 amide bonds. The molecule has 6 heteroatoms. The van der Waals surface area contributed by atoms with E-state index >= 15 is 0 Å². The monoisotopic (exact) mass is 337 g/mol. The second-order valence-electron chi connectivity index (χ2n) is 6.05. The van der Waals surface area contributed by atoms with Gasteiger partial charge in [0, 0.05) is 23.7 Å². The van der Waals surface area contributed by atoms with Gasteiger partial charge in [0.15, 0.2) is 5.58 Å². The number of anilines is 2. The normalized spacial score (nSPS) is 10.7. The van der Waals surface area contributed by atoms with Crippen molar-refractivity contribution in [3.63, 3.8) is 0 Å². The predicted octanol–water partition coefficient (Wildman–Crippen LogP) is 3.58. The van der Waals surface area contributed by atoms with Crippen LogP contribution in [-0.4, -0.2) is 17.0 Å². The Morgan fingerprint density at radius 1 is 1.00 bits per heavy atom. The Hall–Kier alpha value is -3.15. The second-order valence-corrected chi connectivity index (χ2v) is 6.05. The number of carbonyl (C=O) groups excluding carboxylic acids is 2. The predicted molar refractivity (Wildman–Crippen MR) is 96.6 cm³/mol. The van der Waals surface area contributed by atoms with Crippen LogP contribution in [0.3, 0.4) is 0 Å². The first-order chi connectivity index (χ1) is 11.9. The van der Waals surface area contributed by atoms with E-state index in [4.69, 9.17) is 4.52 Å². The van der Waals surface area contributed by atoms with Crippen molar-refractivity contribution in [3.8, 4) is 0 Å². The number of rotatable bonds is 4. The van der Waals surface area contributed by atoms with Gasteiger partial charge in [-0.3, -0.25) is 9.59 Å². The fourth-order valence-corrected chi connectivity index (χ4v) is 2.57. The van der Waals surface area contributed by atoms with E-state index in [0.717, 1.165) is 16.5 Å². The summed E-state index contributed by atoms with van der Waals surface area (Å²) in [5.74, 6) is -0.319. The van der Waals surface area contributed by atoms with Crippen LogP contribution in [0.4, 0.5) is 11.4 Å². The first-order valence-electron chi connectivity index (χ1n) is 7.95. The van der Waals surface area contributed by atoms with E-state index in [1.165, 1.54) is 6.92 Å². The smallest absolute Gasteiger partial charge is 0.230 e. The number of amides is 2. The Morgan fingerprint density at radius 2 is 1.60 bits per heavy atom. The molecule has 0 saturated carbocycles. The SMILES string of the molecule is CC(=O)Nc1ccc(NC(=O)Cc2noc3cc(C)c(C)cc23)cc1. The van der Waals surface area contributed by atoms with Crippen molar-refractivity contribution in [2.75, 3.05) is 10.6 Å². The Balaban J connectivity index is 1.70. The molecule has 0 aliphatic carbocycles. The van der Waals surface area contributed by atoms with Crippen LogP contribution in [0.2, 0.25) is 0 Å². The first kappa shape index (κ1) is 16.7. The number of nitrogens with one attached hydrogen (secondary N) is 2. The van der Waals surface area contributed by atoms with Crippen LogP contribution in [-0.2, 0) is 16.0 Å². The van der Waals surface area contributed by atoms with Gasteiger partial charge in [-0.15, -0.1) is 0 Å². The van der Waals surface area contributed by atoms with Crippen LogP contribution in [0.15, 0.2) is 40.9 Å². The maximum absolute atomic E-state index is 12.3. The molecular weight excluding hydrogens is 318 g/mol. The quantitative estimate of drug-likeness (QED) is 0.762. The molecule has 0 saturated heterocycles. The summed E-state index contributed by atoms with van der Waals surface area (Å²) in [6.45, 7) is 5.47. The van der Waals surface area contributed by atoms with Crippen LogP contribution in [0.1, 0.15) is 23.7 Å². The summed E-state index contributed by atoms with van der Waals surface area (Å²) in [5.41, 5.74) is 4.89. The molecule has 1 heterocycles. The van der Waals surface area contributed by atoms with Gasteiger partial charge >= 0.3 is 0 Å². The molecule has 2 aromatic carbocycles. The maximum atomic E-state index is 12.3. The number of fused-ring (bicyclic) bond motifs is 1. The van der Waals surface area contributed by atoms with Gasteiger partial charge in [0.25, 0.3) is 0 Å². The van der Waals surface area contributed by atoms with Crippen LogP contribution in [0.5, 0.6) is 0 Å². The summed E-state index contributed by atoms with van der Waals surface area (Å²) < 4.78 is 5.32. The third-order valence-corrected chi connectivity index (χ3v) is 3.98. The largest absolute Gasteiger partial charge is 0.356 e. The lowest BCUT2D eigenvalue weighted by atomic mass is 10.1. The van der Waals surface area contributed by atoms with E-state index < -0.39 is 0 Å². The summed E-state index contributed by atoms with van der Waals surface area (Å²) in [5, 5.41) is 10.4. The molecular formula is C19H19N3O3. The van der Waals surface area contributed by atoms with E-state index in [1.807, 2.05) is 26.0 Å². The number of hydrogen-bond donors (Lipinski definition) is 2. The van der Waals surface area contributed by atoms with Gasteiger partial charge in [0.1, 0.15) is 5.69 Å². The minimum Gasteiger partial charge on any atom is -0.356 e. The van der Waals surface area contributed by atoms with Crippen LogP contribution < -0.4 is 10.6 Å². The third kappa shape index (κ3) is 3.85. The number of benzene rings is 2. The molecule has 0 fully saturated rings. The van der Waals surface area contributed by atoms with Gasteiger partial charge in [0.05, 0.1) is 6.42 Å². The van der Waals surface area contributed by atoms with Gasteiger partial charge in [-0.05, 0) is 61.4 Å². The topological polar surface area (TPSA) is 84.2 Å². The van der Waals surface area contributed by atoms with E-state index in [9.17, 15) is 9.59 Å². The average molecular weight is 337 g/mol. The summed E-state index contributed by atoms with van der Waals surface area (Å²) >= 11 is 0. The second kappa shape index (κ2) is 6.76. The van der Waals surface area contributed by atoms with Crippen molar-refractivity contribution in [2.24, 2.45) is 0 Å². The molecule has 0 atom stereocenters. The number of hydrogen-bond acceptors (Lipinski definition) is 4. The summed E-state index contributed by atoms with van der Waals surface area (Å²) in [6, 6.07) is 10.9. The highest BCUT2D eigenvalue weighted by atomic mass is 16.5. The molecule has 6 nitrogen and oxygen atoms in total. The van der Waals surface area contributed by atoms with Gasteiger partial charge in [-0.25, -0.2) is 0 Å². The Bertz CT molecular complexity index is 942. The summed E-state index contributed by atoms with van der Waals surface area (Å²) in [7, 11) is 0. The maximum Gasteiger partial charge on any atom is 0.230 e. The van der Waals surface area contributed by atoms with E-state index in [2.05, 4.69) is 15.8 Å². The molecule has 2 N–H and O–H groups in total. The fourth-order valence-electron chi connectivity index (χ4n) is 2.57. The van der Waals surface area contributed by atoms with Gasteiger partial charge < -0.3 is 15.2 Å². The van der Waals surface area contributed by atoms with Crippen LogP contribution in [0.25, 0.3) is 11.0 Å². The van der Waals surface area contributed by atoms with Crippen LogP contribution >= 0.6 is 0 Å². The van der Waals surface area contributed by atoms with E-state index in [1.54, 1.807) is 24.3 Å². The number of carbonyl (C=O) groups is 2. The Morgan fingerprint density at radius 3 is 2.24 bits per heavy atom. The highest BCUT2D eigenvalue weighted by molar-refractivity contribution is 5.95. The number of aromatic nitrogens is 1. The molecule has 0 bridgehead atoms. The lowest BCUT2D eigenvalue weighted by Gasteiger charge is -2.06. The summed E-state index contributed by atoms with van der Waals surface area (Å²) in [6.07, 6.45) is 0.128. The van der Waals surface area contributed by atoms with E-state index in [-0.39, 0.29) is 18.2 Å². The molecule has 0 unspecified atom stereocenters. The first-order valence-corrected chi connectivity index (χ1v) is 7.95. The highest BCUT2D eigenvalue weighted by Crippen LogP contribution is 2.23. The van der Waals surface area contributed by atoms with Crippen molar-refractivity contribution in [2.45, 2.75) is 27.2 Å². The zero-order valence-corrected chi connectivity index (χ0v) is 14.3. The molecule has 1 aromatic heterocycles. The standard InChI is InChI=1S/C19H19N3O3/c1-11-8-16-17(22-25-18(16)9-12(11)2)10-19(24)21-15-6-4-14(5-7-15)20-13(3)23/h4-9H,10H2,1-3H3,(H,20,23)(H,21,24). The fraction of sp³-hybridized carbons (Fsp3) is 0.211. The van der Waals surface area contributed by atoms with Gasteiger partial charge in [-0.2, -0.15) is 0 Å². The lowest BCUT2D eigenvalue weighted by Crippen LogP contribution is -2.14. The van der Waals surface area contributed by atoms with Crippen molar-refractivity contribution in [1.29, 1.82) is 0 Å². The van der Waals surface area contributed by atoms with Crippen LogP contribution in [0, 0.1) is 13.8 Å². The number of nitrogens with zero attached hydrogens (tertiary/aromatic N) is 1. The van der Waals surface area contributed by atoms with Crippen molar-refractivity contribution in [1.82, 2.24) is 5.16 Å². The van der Waals surface area contributed by atoms with Crippen molar-refractivity contribution >= 4 is 34.2 Å². The Kier molecular flexibility index (Phi) is 4.52. The minimum atomic E-state index is -0.180. The molecule has 128 valence electrons. The van der Waals surface area contributed by atoms with Crippen molar-refractivity contribution in [3.05, 3.63) is 53.2 Å². The average Bonchev–Trinajstić information content (AvgIpc) is 2.91. The Labute approximate surface area is 145 Å². The third-order valence-electron chi connectivity index (χ3n) is 3.98. The zero-order chi connectivity index (χ0) is 18.0. The molecule has 0 spiro atoms. The van der Waals surface area contributed by atoms with Crippen molar-refractivity contribution < 1.29 is 14.1 Å². The highest BCUT2D eigenvalue weighted by Gasteiger charge is 2.14. The van der Waals surface area contributed by atoms with E-state index in [0.29, 0.717) is 22.7 Å². The van der Waals surface area contributed by atoms with Gasteiger partial charge in [0.2, 0.25) is 11.8 Å². The molecule has 0 aliphatic rings. The van der Waals surface area contributed by atoms with Gasteiger partial charge in [-0.1, -0.05) is 5.16 Å². The minimum absolute atomic E-state index is 0.128. The molecule has 25 heavy (non-hydrogen) atoms. The number of aryl methyl sites for hydroxylation is 2. The lowest BCUT2D eigenvalue weighted by molar-refractivity contribution is -0.116. The molecule has 3 aromatic rings. The zero-order valence-electron chi connectivity index (χ0n) is 14.3. The molecule has 3 rings (SSSR count). The summed E-state index contributed by atoms with van der Waals surface area (Å²) in [4.78, 5) is 23.3. The molecule has 0 radical (unpaired) electrons. The molecule has 0 aliphatic heterocycles.